The molecule has 1 N–H and O–H groups in total. The molecule has 0 bridgehead atoms. The Bertz CT molecular complexity index is 852. The number of rotatable bonds is 1. The molecule has 1 spiro atoms. The first kappa shape index (κ1) is 15.9. The highest BCUT2D eigenvalue weighted by Crippen LogP contribution is 2.66. The van der Waals surface area contributed by atoms with Gasteiger partial charge in [-0.1, -0.05) is 25.2 Å². The Morgan fingerprint density at radius 2 is 2.12 bits per heavy atom. The molecule has 6 nitrogen and oxygen atoms in total. The first-order valence-electron chi connectivity index (χ1n) is 8.91. The molecule has 2 aliphatic heterocycles. The number of carbonyl (C=O) groups excluding carboxylic acids is 2. The van der Waals surface area contributed by atoms with E-state index in [-0.39, 0.29) is 12.6 Å². The quantitative estimate of drug-likeness (QED) is 0.614. The third-order valence-electron chi connectivity index (χ3n) is 7.04. The van der Waals surface area contributed by atoms with Crippen molar-refractivity contribution in [3.8, 4) is 0 Å². The lowest BCUT2D eigenvalue weighted by Gasteiger charge is -2.60. The fourth-order valence-corrected chi connectivity index (χ4v) is 5.52. The Morgan fingerprint density at radius 1 is 1.27 bits per heavy atom. The molecule has 2 aliphatic carbocycles. The molecule has 0 saturated carbocycles. The Morgan fingerprint density at radius 3 is 2.88 bits per heavy atom. The highest BCUT2D eigenvalue weighted by atomic mass is 16.6. The van der Waals surface area contributed by atoms with Crippen LogP contribution < -0.4 is 0 Å². The Labute approximate surface area is 150 Å². The lowest BCUT2D eigenvalue weighted by molar-refractivity contribution is -0.204. The van der Waals surface area contributed by atoms with Gasteiger partial charge in [0.05, 0.1) is 29.5 Å². The van der Waals surface area contributed by atoms with Crippen LogP contribution >= 0.6 is 0 Å². The second kappa shape index (κ2) is 4.88. The molecule has 6 heteroatoms. The zero-order valence-electron chi connectivity index (χ0n) is 14.4. The molecule has 0 aromatic carbocycles. The molecule has 0 radical (unpaired) electrons. The minimum absolute atomic E-state index is 0.169. The Hall–Kier alpha value is -2.34. The van der Waals surface area contributed by atoms with E-state index in [1.807, 2.05) is 25.2 Å². The van der Waals surface area contributed by atoms with Crippen LogP contribution in [0, 0.1) is 16.7 Å². The third kappa shape index (κ3) is 1.66. The second-order valence-corrected chi connectivity index (χ2v) is 8.04. The molecule has 5 rings (SSSR count). The van der Waals surface area contributed by atoms with E-state index >= 15 is 0 Å². The van der Waals surface area contributed by atoms with Crippen molar-refractivity contribution in [2.24, 2.45) is 16.7 Å². The first-order chi connectivity index (χ1) is 12.4. The summed E-state index contributed by atoms with van der Waals surface area (Å²) in [7, 11) is 0. The van der Waals surface area contributed by atoms with Gasteiger partial charge in [-0.3, -0.25) is 4.79 Å². The lowest BCUT2D eigenvalue weighted by Crippen LogP contribution is -2.66. The van der Waals surface area contributed by atoms with Crippen molar-refractivity contribution in [2.45, 2.75) is 37.9 Å². The van der Waals surface area contributed by atoms with Gasteiger partial charge in [0.15, 0.2) is 0 Å². The third-order valence-corrected chi connectivity index (χ3v) is 7.04. The molecular formula is C20H20O6. The largest absolute Gasteiger partial charge is 0.472 e. The number of carbonyl (C=O) groups is 2. The van der Waals surface area contributed by atoms with Gasteiger partial charge in [-0.15, -0.1) is 0 Å². The van der Waals surface area contributed by atoms with Gasteiger partial charge in [0.1, 0.15) is 12.7 Å². The molecule has 0 unspecified atom stereocenters. The van der Waals surface area contributed by atoms with E-state index in [0.717, 1.165) is 5.56 Å². The van der Waals surface area contributed by atoms with Crippen LogP contribution in [0.3, 0.4) is 0 Å². The molecule has 26 heavy (non-hydrogen) atoms. The number of hydrogen-bond acceptors (Lipinski definition) is 6. The molecule has 1 aromatic rings. The number of ether oxygens (including phenoxy) is 2. The number of cyclic esters (lactones) is 2. The Balaban J connectivity index is 1.66. The van der Waals surface area contributed by atoms with Gasteiger partial charge in [0.25, 0.3) is 0 Å². The maximum atomic E-state index is 12.8. The molecule has 0 amide bonds. The van der Waals surface area contributed by atoms with Gasteiger partial charge in [0.2, 0.25) is 0 Å². The fraction of sp³-hybridized carbons (Fsp3) is 0.500. The van der Waals surface area contributed by atoms with Gasteiger partial charge < -0.3 is 19.0 Å². The minimum Gasteiger partial charge on any atom is -0.472 e. The van der Waals surface area contributed by atoms with Gasteiger partial charge in [-0.05, 0) is 18.9 Å². The molecule has 5 atom stereocenters. The van der Waals surface area contributed by atoms with Crippen molar-refractivity contribution in [2.75, 3.05) is 6.61 Å². The van der Waals surface area contributed by atoms with Crippen LogP contribution in [0.25, 0.3) is 0 Å². The monoisotopic (exact) mass is 356 g/mol. The lowest BCUT2D eigenvalue weighted by atomic mass is 9.45. The zero-order chi connectivity index (χ0) is 18.2. The van der Waals surface area contributed by atoms with Crippen LogP contribution in [0.2, 0.25) is 0 Å². The average molecular weight is 356 g/mol. The Kier molecular flexibility index (Phi) is 2.98. The van der Waals surface area contributed by atoms with Crippen molar-refractivity contribution in [1.82, 2.24) is 0 Å². The normalized spacial score (nSPS) is 43.7. The minimum atomic E-state index is -1.27. The summed E-state index contributed by atoms with van der Waals surface area (Å²) in [4.78, 5) is 25.0. The maximum absolute atomic E-state index is 12.8. The van der Waals surface area contributed by atoms with Crippen molar-refractivity contribution in [3.63, 3.8) is 0 Å². The highest BCUT2D eigenvalue weighted by molar-refractivity contribution is 5.92. The number of esters is 2. The predicted octanol–water partition coefficient (Wildman–Crippen LogP) is 2.45. The van der Waals surface area contributed by atoms with Crippen molar-refractivity contribution < 1.29 is 28.6 Å². The number of hydrogen-bond donors (Lipinski definition) is 1. The van der Waals surface area contributed by atoms with Crippen LogP contribution in [0.4, 0.5) is 0 Å². The molecular weight excluding hydrogens is 336 g/mol. The summed E-state index contributed by atoms with van der Waals surface area (Å²) in [6, 6.07) is 1.77. The number of furan rings is 1. The zero-order valence-corrected chi connectivity index (χ0v) is 14.4. The smallest absolute Gasteiger partial charge is 0.334 e. The van der Waals surface area contributed by atoms with Crippen LogP contribution in [-0.2, 0) is 19.1 Å². The van der Waals surface area contributed by atoms with E-state index in [1.165, 1.54) is 6.26 Å². The standard InChI is InChI=1S/C20H20O6/c1-18-9-15(12-5-8-24-10-12)26-17(22)13(18)4-7-19-11-25-16(21)14(19)3-2-6-20(18,19)23/h2-5,8,10,14-15,23H,6-7,9,11H2,1H3/t14-,15+,18-,19+,20-/m0/s1. The number of fused-ring (bicyclic) bond motifs is 2. The number of allylic oxidation sites excluding steroid dienone is 1. The summed E-state index contributed by atoms with van der Waals surface area (Å²) in [5.74, 6) is -1.20. The molecule has 1 aromatic heterocycles. The van der Waals surface area contributed by atoms with Crippen LogP contribution in [0.5, 0.6) is 0 Å². The predicted molar refractivity (Wildman–Crippen MR) is 88.6 cm³/mol. The van der Waals surface area contributed by atoms with Gasteiger partial charge in [-0.25, -0.2) is 4.79 Å². The van der Waals surface area contributed by atoms with E-state index in [2.05, 4.69) is 0 Å². The second-order valence-electron chi connectivity index (χ2n) is 8.04. The maximum Gasteiger partial charge on any atom is 0.334 e. The van der Waals surface area contributed by atoms with Gasteiger partial charge >= 0.3 is 11.9 Å². The molecule has 3 heterocycles. The summed E-state index contributed by atoms with van der Waals surface area (Å²) in [5, 5.41) is 12.0. The van der Waals surface area contributed by atoms with Gasteiger partial charge in [0, 0.05) is 23.0 Å². The summed E-state index contributed by atoms with van der Waals surface area (Å²) >= 11 is 0. The van der Waals surface area contributed by atoms with E-state index < -0.39 is 34.4 Å². The summed E-state index contributed by atoms with van der Waals surface area (Å²) in [6.45, 7) is 2.08. The van der Waals surface area contributed by atoms with E-state index in [1.54, 1.807) is 12.3 Å². The van der Waals surface area contributed by atoms with Crippen LogP contribution in [-0.4, -0.2) is 29.3 Å². The number of aliphatic hydroxyl groups is 1. The van der Waals surface area contributed by atoms with Crippen molar-refractivity contribution in [3.05, 3.63) is 48.0 Å². The van der Waals surface area contributed by atoms with Crippen LogP contribution in [0.15, 0.2) is 46.8 Å². The van der Waals surface area contributed by atoms with E-state index in [4.69, 9.17) is 13.9 Å². The molecule has 2 saturated heterocycles. The molecule has 136 valence electrons. The van der Waals surface area contributed by atoms with Crippen molar-refractivity contribution >= 4 is 11.9 Å². The fourth-order valence-electron chi connectivity index (χ4n) is 5.52. The topological polar surface area (TPSA) is 86.0 Å². The first-order valence-corrected chi connectivity index (χ1v) is 8.91. The summed E-state index contributed by atoms with van der Waals surface area (Å²) in [5.41, 5.74) is -1.59. The highest BCUT2D eigenvalue weighted by Gasteiger charge is 2.72. The molecule has 2 fully saturated rings. The van der Waals surface area contributed by atoms with E-state index in [9.17, 15) is 14.7 Å². The molecule has 4 aliphatic rings. The van der Waals surface area contributed by atoms with Gasteiger partial charge in [-0.2, -0.15) is 0 Å². The SMILES string of the molecule is C[C@]12C[C@H](c3ccoc3)OC(=O)C1=CC[C@@]13COC(=O)[C@@H]1C=CC[C@@]32O. The van der Waals surface area contributed by atoms with E-state index in [0.29, 0.717) is 24.8 Å². The average Bonchev–Trinajstić information content (AvgIpc) is 3.24. The summed E-state index contributed by atoms with van der Waals surface area (Å²) < 4.78 is 16.1. The van der Waals surface area contributed by atoms with Crippen LogP contribution in [0.1, 0.15) is 37.9 Å². The van der Waals surface area contributed by atoms with Crippen molar-refractivity contribution in [1.29, 1.82) is 0 Å². The summed E-state index contributed by atoms with van der Waals surface area (Å²) in [6.07, 6.45) is 9.36.